The molecule has 43 heavy (non-hydrogen) atoms. The standard InChI is InChI=1S/C34H37N3O5S/c1-7-40-29(38)27(37-42-33(5,6)31(39)41-32(2,3)4)26-28(35)43-30(36-26)34(23-17-11-8-12-18-23,24-19-13-9-14-20-24)25-21-15-10-16-22-25/h8-22H,7,35H2,1-6H3/b37-27-. The topological polar surface area (TPSA) is 113 Å². The number of ether oxygens (including phenoxy) is 2. The Labute approximate surface area is 256 Å². The summed E-state index contributed by atoms with van der Waals surface area (Å²) in [5, 5.41) is 4.98. The molecule has 0 fully saturated rings. The van der Waals surface area contributed by atoms with E-state index in [1.165, 1.54) is 25.2 Å². The number of oxime groups is 1. The predicted molar refractivity (Wildman–Crippen MR) is 169 cm³/mol. The molecule has 2 N–H and O–H groups in total. The number of hydrogen-bond acceptors (Lipinski definition) is 9. The molecule has 0 radical (unpaired) electrons. The number of carbonyl (C=O) groups excluding carboxylic acids is 2. The molecule has 0 saturated carbocycles. The molecule has 224 valence electrons. The van der Waals surface area contributed by atoms with Gasteiger partial charge in [-0.2, -0.15) is 0 Å². The van der Waals surface area contributed by atoms with E-state index in [9.17, 15) is 9.59 Å². The first kappa shape index (κ1) is 31.4. The molecule has 1 aromatic heterocycles. The van der Waals surface area contributed by atoms with Crippen LogP contribution in [0.3, 0.4) is 0 Å². The van der Waals surface area contributed by atoms with Gasteiger partial charge in [0.05, 0.1) is 12.0 Å². The summed E-state index contributed by atoms with van der Waals surface area (Å²) in [6.45, 7) is 10.1. The van der Waals surface area contributed by atoms with Crippen molar-refractivity contribution < 1.29 is 23.9 Å². The van der Waals surface area contributed by atoms with Crippen molar-refractivity contribution in [3.63, 3.8) is 0 Å². The zero-order valence-electron chi connectivity index (χ0n) is 25.3. The van der Waals surface area contributed by atoms with E-state index in [1.54, 1.807) is 27.7 Å². The van der Waals surface area contributed by atoms with Crippen molar-refractivity contribution in [2.75, 3.05) is 12.3 Å². The first-order valence-electron chi connectivity index (χ1n) is 14.0. The quantitative estimate of drug-likeness (QED) is 0.0957. The van der Waals surface area contributed by atoms with E-state index < -0.39 is 28.6 Å². The molecule has 3 aromatic carbocycles. The number of hydrogen-bond donors (Lipinski definition) is 1. The fourth-order valence-corrected chi connectivity index (χ4v) is 5.66. The Morgan fingerprint density at radius 1 is 0.814 bits per heavy atom. The SMILES string of the molecule is CCOC(=O)/C(=N\OC(C)(C)C(=O)OC(C)(C)C)c1nc(C(c2ccccc2)(c2ccccc2)c2ccccc2)sc1N. The second-order valence-corrected chi connectivity index (χ2v) is 12.4. The summed E-state index contributed by atoms with van der Waals surface area (Å²) in [5.41, 5.74) is 6.22. The molecule has 9 heteroatoms. The average molecular weight is 600 g/mol. The largest absolute Gasteiger partial charge is 0.461 e. The average Bonchev–Trinajstić information content (AvgIpc) is 3.35. The van der Waals surface area contributed by atoms with Gasteiger partial charge in [0.2, 0.25) is 11.3 Å². The van der Waals surface area contributed by atoms with Crippen LogP contribution in [-0.4, -0.2) is 40.4 Å². The van der Waals surface area contributed by atoms with Gasteiger partial charge >= 0.3 is 11.9 Å². The Kier molecular flexibility index (Phi) is 9.35. The monoisotopic (exact) mass is 599 g/mol. The summed E-state index contributed by atoms with van der Waals surface area (Å²) < 4.78 is 10.8. The van der Waals surface area contributed by atoms with Crippen molar-refractivity contribution in [3.05, 3.63) is 118 Å². The molecule has 8 nitrogen and oxygen atoms in total. The van der Waals surface area contributed by atoms with Crippen LogP contribution in [0.5, 0.6) is 0 Å². The van der Waals surface area contributed by atoms with E-state index in [0.29, 0.717) is 5.01 Å². The Balaban J connectivity index is 1.93. The molecule has 1 heterocycles. The molecule has 0 spiro atoms. The number of nitrogens with two attached hydrogens (primary N) is 1. The van der Waals surface area contributed by atoms with Crippen LogP contribution in [0.15, 0.2) is 96.2 Å². The van der Waals surface area contributed by atoms with Gasteiger partial charge in [0.25, 0.3) is 0 Å². The molecule has 4 aromatic rings. The van der Waals surface area contributed by atoms with Crippen molar-refractivity contribution in [1.82, 2.24) is 4.98 Å². The van der Waals surface area contributed by atoms with Gasteiger partial charge in [0.15, 0.2) is 0 Å². The van der Waals surface area contributed by atoms with Crippen LogP contribution in [0.4, 0.5) is 5.00 Å². The third-order valence-corrected chi connectivity index (χ3v) is 7.55. The number of anilines is 1. The lowest BCUT2D eigenvalue weighted by Gasteiger charge is -2.34. The lowest BCUT2D eigenvalue weighted by molar-refractivity contribution is -0.179. The van der Waals surface area contributed by atoms with E-state index in [0.717, 1.165) is 16.7 Å². The number of nitrogens with zero attached hydrogens (tertiary/aromatic N) is 2. The molecule has 0 aliphatic rings. The molecular formula is C34H37N3O5S. The molecule has 0 bridgehead atoms. The molecule has 4 rings (SSSR count). The number of esters is 2. The zero-order valence-corrected chi connectivity index (χ0v) is 26.1. The van der Waals surface area contributed by atoms with Crippen molar-refractivity contribution in [1.29, 1.82) is 0 Å². The van der Waals surface area contributed by atoms with E-state index in [-0.39, 0.29) is 23.0 Å². The fraction of sp³-hybridized carbons (Fsp3) is 0.294. The van der Waals surface area contributed by atoms with E-state index in [1.807, 2.05) is 91.0 Å². The van der Waals surface area contributed by atoms with E-state index in [2.05, 4.69) is 5.16 Å². The lowest BCUT2D eigenvalue weighted by Crippen LogP contribution is -2.40. The maximum Gasteiger partial charge on any atom is 0.362 e. The summed E-state index contributed by atoms with van der Waals surface area (Å²) >= 11 is 1.25. The predicted octanol–water partition coefficient (Wildman–Crippen LogP) is 6.51. The number of benzene rings is 3. The van der Waals surface area contributed by atoms with Gasteiger partial charge in [-0.25, -0.2) is 14.6 Å². The van der Waals surface area contributed by atoms with Crippen molar-refractivity contribution in [2.45, 2.75) is 58.2 Å². The second kappa shape index (κ2) is 12.8. The molecule has 0 atom stereocenters. The normalized spacial score (nSPS) is 12.5. The second-order valence-electron chi connectivity index (χ2n) is 11.3. The van der Waals surface area contributed by atoms with Crippen LogP contribution >= 0.6 is 11.3 Å². The van der Waals surface area contributed by atoms with Gasteiger partial charge in [-0.15, -0.1) is 0 Å². The molecule has 0 aliphatic carbocycles. The zero-order chi connectivity index (χ0) is 31.3. The van der Waals surface area contributed by atoms with Crippen molar-refractivity contribution in [2.24, 2.45) is 5.16 Å². The summed E-state index contributed by atoms with van der Waals surface area (Å²) in [5.74, 6) is -1.43. The number of rotatable bonds is 10. The third-order valence-electron chi connectivity index (χ3n) is 6.54. The highest BCUT2D eigenvalue weighted by molar-refractivity contribution is 7.16. The highest BCUT2D eigenvalue weighted by atomic mass is 32.1. The van der Waals surface area contributed by atoms with Crippen LogP contribution in [0, 0.1) is 0 Å². The van der Waals surface area contributed by atoms with Gasteiger partial charge < -0.3 is 20.0 Å². The van der Waals surface area contributed by atoms with E-state index in [4.69, 9.17) is 25.0 Å². The number of nitrogen functional groups attached to an aromatic ring is 1. The van der Waals surface area contributed by atoms with E-state index >= 15 is 0 Å². The molecular weight excluding hydrogens is 562 g/mol. The summed E-state index contributed by atoms with van der Waals surface area (Å²) in [6.07, 6.45) is 0. The van der Waals surface area contributed by atoms with Crippen molar-refractivity contribution in [3.8, 4) is 0 Å². The minimum absolute atomic E-state index is 0.0895. The number of thiazole rings is 1. The van der Waals surface area contributed by atoms with Gasteiger partial charge in [0.1, 0.15) is 21.3 Å². The first-order valence-corrected chi connectivity index (χ1v) is 14.8. The smallest absolute Gasteiger partial charge is 0.362 e. The molecule has 0 saturated heterocycles. The van der Waals surface area contributed by atoms with Gasteiger partial charge in [-0.05, 0) is 58.2 Å². The Bertz CT molecular complexity index is 1480. The van der Waals surface area contributed by atoms with Crippen LogP contribution in [0.1, 0.15) is 68.9 Å². The first-order chi connectivity index (χ1) is 20.4. The summed E-state index contributed by atoms with van der Waals surface area (Å²) in [6, 6.07) is 30.0. The highest BCUT2D eigenvalue weighted by Gasteiger charge is 2.43. The van der Waals surface area contributed by atoms with Crippen molar-refractivity contribution >= 4 is 34.0 Å². The van der Waals surface area contributed by atoms with Crippen LogP contribution in [0.25, 0.3) is 0 Å². The van der Waals surface area contributed by atoms with Crippen LogP contribution in [-0.2, 0) is 29.3 Å². The lowest BCUT2D eigenvalue weighted by atomic mass is 9.70. The third kappa shape index (κ3) is 6.78. The maximum absolute atomic E-state index is 13.2. The number of aromatic nitrogens is 1. The number of carbonyl (C=O) groups is 2. The van der Waals surface area contributed by atoms with Gasteiger partial charge in [-0.1, -0.05) is 107 Å². The van der Waals surface area contributed by atoms with Gasteiger partial charge in [0, 0.05) is 0 Å². The Morgan fingerprint density at radius 2 is 1.28 bits per heavy atom. The Hall–Kier alpha value is -4.50. The maximum atomic E-state index is 13.2. The summed E-state index contributed by atoms with van der Waals surface area (Å²) in [7, 11) is 0. The molecule has 0 unspecified atom stereocenters. The highest BCUT2D eigenvalue weighted by Crippen LogP contribution is 2.47. The minimum Gasteiger partial charge on any atom is -0.461 e. The van der Waals surface area contributed by atoms with Gasteiger partial charge in [-0.3, -0.25) is 0 Å². The van der Waals surface area contributed by atoms with Crippen LogP contribution in [0.2, 0.25) is 0 Å². The Morgan fingerprint density at radius 3 is 1.70 bits per heavy atom. The molecule has 0 amide bonds. The minimum atomic E-state index is -1.51. The summed E-state index contributed by atoms with van der Waals surface area (Å²) in [4.78, 5) is 36.7. The molecule has 0 aliphatic heterocycles. The van der Waals surface area contributed by atoms with Crippen LogP contribution < -0.4 is 5.73 Å². The fourth-order valence-electron chi connectivity index (χ4n) is 4.57.